The summed E-state index contributed by atoms with van der Waals surface area (Å²) in [6, 6.07) is 54.7. The third-order valence-electron chi connectivity index (χ3n) is 10.6. The van der Waals surface area contributed by atoms with Gasteiger partial charge in [0.15, 0.2) is 0 Å². The molecule has 9 aromatic carbocycles. The molecule has 210 valence electrons. The van der Waals surface area contributed by atoms with Gasteiger partial charge in [-0.15, -0.1) is 0 Å². The van der Waals surface area contributed by atoms with Crippen LogP contribution in [-0.4, -0.2) is 0 Å². The zero-order chi connectivity index (χ0) is 29.9. The first-order valence-corrected chi connectivity index (χ1v) is 15.9. The van der Waals surface area contributed by atoms with E-state index in [4.69, 9.17) is 0 Å². The summed E-state index contributed by atoms with van der Waals surface area (Å²) in [5.74, 6) is 0. The van der Waals surface area contributed by atoms with E-state index in [1.54, 1.807) is 0 Å². The maximum atomic E-state index is 2.42. The molecule has 10 rings (SSSR count). The molecular weight excluding hydrogens is 540 g/mol. The zero-order valence-electron chi connectivity index (χ0n) is 25.4. The van der Waals surface area contributed by atoms with Gasteiger partial charge in [-0.2, -0.15) is 0 Å². The van der Waals surface area contributed by atoms with Crippen LogP contribution in [0.3, 0.4) is 0 Å². The highest BCUT2D eigenvalue weighted by molar-refractivity contribution is 6.35. The molecule has 0 nitrogen and oxygen atoms in total. The van der Waals surface area contributed by atoms with E-state index >= 15 is 0 Å². The van der Waals surface area contributed by atoms with Gasteiger partial charge in [0, 0.05) is 5.41 Å². The van der Waals surface area contributed by atoms with Crippen LogP contribution in [0.2, 0.25) is 0 Å². The maximum absolute atomic E-state index is 2.42. The third kappa shape index (κ3) is 3.37. The summed E-state index contributed by atoms with van der Waals surface area (Å²) in [5, 5.41) is 13.2. The maximum Gasteiger partial charge on any atom is 0.0159 e. The smallest absolute Gasteiger partial charge is 0.0159 e. The Labute approximate surface area is 262 Å². The van der Waals surface area contributed by atoms with Gasteiger partial charge in [0.2, 0.25) is 0 Å². The molecule has 45 heavy (non-hydrogen) atoms. The van der Waals surface area contributed by atoms with Crippen molar-refractivity contribution in [2.45, 2.75) is 19.3 Å². The lowest BCUT2D eigenvalue weighted by atomic mass is 9.81. The molecule has 0 aliphatic heterocycles. The molecule has 0 spiro atoms. The van der Waals surface area contributed by atoms with Crippen LogP contribution in [0, 0.1) is 0 Å². The molecule has 0 aromatic heterocycles. The van der Waals surface area contributed by atoms with Crippen molar-refractivity contribution in [3.05, 3.63) is 157 Å². The number of benzene rings is 9. The van der Waals surface area contributed by atoms with Crippen LogP contribution in [0.1, 0.15) is 25.0 Å². The molecule has 0 atom stereocenters. The van der Waals surface area contributed by atoms with Gasteiger partial charge in [-0.05, 0) is 117 Å². The average molecular weight is 571 g/mol. The second kappa shape index (κ2) is 8.80. The van der Waals surface area contributed by atoms with E-state index in [1.165, 1.54) is 98.4 Å². The van der Waals surface area contributed by atoms with Gasteiger partial charge in [0.05, 0.1) is 0 Å². The molecule has 9 aromatic rings. The lowest BCUT2D eigenvalue weighted by molar-refractivity contribution is 0.660. The fourth-order valence-electron chi connectivity index (χ4n) is 8.35. The number of hydrogen-bond acceptors (Lipinski definition) is 0. The minimum atomic E-state index is -0.00764. The Morgan fingerprint density at radius 3 is 1.80 bits per heavy atom. The Kier molecular flexibility index (Phi) is 4.88. The molecule has 0 bridgehead atoms. The molecule has 0 saturated heterocycles. The van der Waals surface area contributed by atoms with Gasteiger partial charge in [-0.25, -0.2) is 0 Å². The van der Waals surface area contributed by atoms with Crippen molar-refractivity contribution in [2.75, 3.05) is 0 Å². The van der Waals surface area contributed by atoms with E-state index < -0.39 is 0 Å². The third-order valence-corrected chi connectivity index (χ3v) is 10.6. The Bertz CT molecular complexity index is 2670. The number of fused-ring (bicyclic) bond motifs is 7. The highest BCUT2D eigenvalue weighted by atomic mass is 14.4. The van der Waals surface area contributed by atoms with E-state index in [0.29, 0.717) is 0 Å². The highest BCUT2D eigenvalue weighted by Crippen LogP contribution is 2.50. The van der Waals surface area contributed by atoms with Gasteiger partial charge in [0.1, 0.15) is 0 Å². The average Bonchev–Trinajstić information content (AvgIpc) is 3.32. The number of hydrogen-bond donors (Lipinski definition) is 0. The first-order chi connectivity index (χ1) is 22.1. The summed E-state index contributed by atoms with van der Waals surface area (Å²) in [7, 11) is 0. The van der Waals surface area contributed by atoms with Crippen LogP contribution in [-0.2, 0) is 5.41 Å². The van der Waals surface area contributed by atoms with Crippen LogP contribution in [0.15, 0.2) is 146 Å². The fourth-order valence-corrected chi connectivity index (χ4v) is 8.35. The predicted molar refractivity (Wildman–Crippen MR) is 194 cm³/mol. The van der Waals surface area contributed by atoms with E-state index in [9.17, 15) is 0 Å². The van der Waals surface area contributed by atoms with Crippen molar-refractivity contribution >= 4 is 53.9 Å². The molecule has 0 amide bonds. The van der Waals surface area contributed by atoms with Gasteiger partial charge >= 0.3 is 0 Å². The summed E-state index contributed by atoms with van der Waals surface area (Å²) in [6.07, 6.45) is 0. The fraction of sp³-hybridized carbons (Fsp3) is 0.0667. The van der Waals surface area contributed by atoms with Gasteiger partial charge < -0.3 is 0 Å². The highest BCUT2D eigenvalue weighted by Gasteiger charge is 2.35. The Balaban J connectivity index is 1.15. The molecule has 1 aliphatic rings. The van der Waals surface area contributed by atoms with Crippen molar-refractivity contribution in [3.63, 3.8) is 0 Å². The Hall–Kier alpha value is -5.46. The lowest BCUT2D eigenvalue weighted by Crippen LogP contribution is -2.14. The second-order valence-electron chi connectivity index (χ2n) is 13.3. The standard InChI is InChI=1S/C45H30/c1-45(2)41-13-6-5-11-36(41)37-20-19-30(26-42(37)45)29-16-14-27-15-17-31(25-32(27)24-29)33-22-23-40-35-10-4-3-9-34(35)38-12-7-8-28-18-21-39(33)44(40)43(28)38/h3-26H,1-2H3. The quantitative estimate of drug-likeness (QED) is 0.143. The van der Waals surface area contributed by atoms with Crippen LogP contribution < -0.4 is 0 Å². The largest absolute Gasteiger partial charge is 0.0619 e. The zero-order valence-corrected chi connectivity index (χ0v) is 25.4. The Morgan fingerprint density at radius 1 is 0.333 bits per heavy atom. The monoisotopic (exact) mass is 570 g/mol. The molecule has 1 aliphatic carbocycles. The van der Waals surface area contributed by atoms with Crippen molar-refractivity contribution in [1.29, 1.82) is 0 Å². The van der Waals surface area contributed by atoms with Gasteiger partial charge in [-0.3, -0.25) is 0 Å². The SMILES string of the molecule is CC1(C)c2ccccc2-c2ccc(-c3ccc4ccc(-c5ccc6c7ccccc7c7cccc8ccc5c6c87)cc4c3)cc21. The van der Waals surface area contributed by atoms with E-state index in [0.717, 1.165) is 0 Å². The molecule has 0 fully saturated rings. The minimum absolute atomic E-state index is 0.00764. The second-order valence-corrected chi connectivity index (χ2v) is 13.3. The summed E-state index contributed by atoms with van der Waals surface area (Å²) in [5.41, 5.74) is 10.6. The minimum Gasteiger partial charge on any atom is -0.0619 e. The molecular formula is C45H30. The Morgan fingerprint density at radius 2 is 0.933 bits per heavy atom. The molecule has 0 radical (unpaired) electrons. The van der Waals surface area contributed by atoms with E-state index in [1.807, 2.05) is 0 Å². The first-order valence-electron chi connectivity index (χ1n) is 15.9. The van der Waals surface area contributed by atoms with Crippen molar-refractivity contribution in [1.82, 2.24) is 0 Å². The molecule has 0 N–H and O–H groups in total. The normalized spacial score (nSPS) is 13.7. The lowest BCUT2D eigenvalue weighted by Gasteiger charge is -2.22. The van der Waals surface area contributed by atoms with Crippen molar-refractivity contribution in [2.24, 2.45) is 0 Å². The predicted octanol–water partition coefficient (Wildman–Crippen LogP) is 12.5. The summed E-state index contributed by atoms with van der Waals surface area (Å²) in [4.78, 5) is 0. The molecule has 0 heteroatoms. The van der Waals surface area contributed by atoms with Crippen molar-refractivity contribution in [3.8, 4) is 33.4 Å². The van der Waals surface area contributed by atoms with E-state index in [2.05, 4.69) is 159 Å². The van der Waals surface area contributed by atoms with Crippen LogP contribution in [0.25, 0.3) is 87.2 Å². The van der Waals surface area contributed by atoms with Gasteiger partial charge in [0.25, 0.3) is 0 Å². The number of rotatable bonds is 2. The topological polar surface area (TPSA) is 0 Å². The van der Waals surface area contributed by atoms with Crippen molar-refractivity contribution < 1.29 is 0 Å². The molecule has 0 saturated carbocycles. The summed E-state index contributed by atoms with van der Waals surface area (Å²) >= 11 is 0. The summed E-state index contributed by atoms with van der Waals surface area (Å²) < 4.78 is 0. The molecule has 0 unspecified atom stereocenters. The summed E-state index contributed by atoms with van der Waals surface area (Å²) in [6.45, 7) is 4.71. The van der Waals surface area contributed by atoms with Crippen LogP contribution in [0.4, 0.5) is 0 Å². The van der Waals surface area contributed by atoms with Crippen LogP contribution in [0.5, 0.6) is 0 Å². The van der Waals surface area contributed by atoms with E-state index in [-0.39, 0.29) is 5.41 Å². The first kappa shape index (κ1) is 24.9. The van der Waals surface area contributed by atoms with Crippen LogP contribution >= 0.6 is 0 Å². The van der Waals surface area contributed by atoms with Gasteiger partial charge in [-0.1, -0.05) is 141 Å². The molecule has 0 heterocycles.